The van der Waals surface area contributed by atoms with E-state index in [2.05, 4.69) is 15.5 Å². The van der Waals surface area contributed by atoms with Crippen LogP contribution < -0.4 is 5.32 Å². The Morgan fingerprint density at radius 2 is 2.08 bits per heavy atom. The summed E-state index contributed by atoms with van der Waals surface area (Å²) in [6.45, 7) is -0.177. The Balaban J connectivity index is 1.46. The zero-order valence-electron chi connectivity index (χ0n) is 13.0. The molecule has 2 aromatic rings. The quantitative estimate of drug-likeness (QED) is 0.767. The Morgan fingerprint density at radius 3 is 2.80 bits per heavy atom. The van der Waals surface area contributed by atoms with Gasteiger partial charge in [0.25, 0.3) is 11.1 Å². The Kier molecular flexibility index (Phi) is 5.29. The van der Waals surface area contributed by atoms with Crippen molar-refractivity contribution in [3.63, 3.8) is 0 Å². The van der Waals surface area contributed by atoms with Gasteiger partial charge in [0.05, 0.1) is 0 Å². The minimum absolute atomic E-state index is 0.0916. The number of esters is 1. The lowest BCUT2D eigenvalue weighted by molar-refractivity contribution is -0.147. The fourth-order valence-electron chi connectivity index (χ4n) is 2.04. The van der Waals surface area contributed by atoms with E-state index in [1.165, 1.54) is 4.90 Å². The van der Waals surface area contributed by atoms with Crippen LogP contribution in [0.5, 0.6) is 0 Å². The van der Waals surface area contributed by atoms with Crippen LogP contribution in [0, 0.1) is 0 Å². The molecule has 0 atom stereocenters. The molecule has 3 rings (SSSR count). The predicted octanol–water partition coefficient (Wildman–Crippen LogP) is 1.39. The van der Waals surface area contributed by atoms with Crippen LogP contribution in [0.1, 0.15) is 0 Å². The van der Waals surface area contributed by atoms with Gasteiger partial charge in [0.2, 0.25) is 5.89 Å². The van der Waals surface area contributed by atoms with Crippen LogP contribution in [0.15, 0.2) is 34.7 Å². The van der Waals surface area contributed by atoms with Gasteiger partial charge in [-0.3, -0.25) is 19.7 Å². The molecular weight excluding hydrogens is 348 g/mol. The van der Waals surface area contributed by atoms with E-state index in [4.69, 9.17) is 9.15 Å². The number of aromatic nitrogens is 2. The number of anilines is 1. The second-order valence-electron chi connectivity index (χ2n) is 5.02. The summed E-state index contributed by atoms with van der Waals surface area (Å²) in [5.41, 5.74) is 0.718. The Morgan fingerprint density at radius 1 is 1.28 bits per heavy atom. The highest BCUT2D eigenvalue weighted by Crippen LogP contribution is 2.19. The summed E-state index contributed by atoms with van der Waals surface area (Å²) in [5.74, 6) is -0.355. The van der Waals surface area contributed by atoms with Gasteiger partial charge in [-0.15, -0.1) is 5.10 Å². The van der Waals surface area contributed by atoms with Gasteiger partial charge >= 0.3 is 12.0 Å². The van der Waals surface area contributed by atoms with Gasteiger partial charge in [0, 0.05) is 17.9 Å². The van der Waals surface area contributed by atoms with E-state index in [1.807, 2.05) is 18.2 Å². The highest BCUT2D eigenvalue weighted by atomic mass is 32.2. The molecule has 1 N–H and O–H groups in total. The minimum atomic E-state index is -0.651. The number of nitrogens with one attached hydrogen (secondary N) is 1. The van der Waals surface area contributed by atoms with Crippen molar-refractivity contribution in [2.45, 2.75) is 0 Å². The first-order valence-electron chi connectivity index (χ1n) is 7.38. The van der Waals surface area contributed by atoms with Gasteiger partial charge in [-0.1, -0.05) is 35.1 Å². The van der Waals surface area contributed by atoms with E-state index in [0.29, 0.717) is 12.3 Å². The number of rotatable bonds is 6. The number of nitrogens with zero attached hydrogens (tertiary/aromatic N) is 3. The molecule has 1 aliphatic rings. The summed E-state index contributed by atoms with van der Waals surface area (Å²) < 4.78 is 10.2. The van der Waals surface area contributed by atoms with Crippen molar-refractivity contribution in [2.75, 3.05) is 30.8 Å². The highest BCUT2D eigenvalue weighted by molar-refractivity contribution is 8.13. The monoisotopic (exact) mass is 362 g/mol. The van der Waals surface area contributed by atoms with E-state index in [0.717, 1.165) is 17.3 Å². The Hall–Kier alpha value is -2.88. The van der Waals surface area contributed by atoms with Crippen LogP contribution in [-0.4, -0.2) is 57.7 Å². The molecule has 1 aromatic carbocycles. The zero-order valence-corrected chi connectivity index (χ0v) is 13.8. The second-order valence-corrected chi connectivity index (χ2v) is 6.07. The number of carbonyl (C=O) groups is 3. The van der Waals surface area contributed by atoms with Gasteiger partial charge in [-0.05, 0) is 12.1 Å². The summed E-state index contributed by atoms with van der Waals surface area (Å²) in [6, 6.07) is 8.98. The van der Waals surface area contributed by atoms with Gasteiger partial charge in [-0.25, -0.2) is 0 Å². The van der Waals surface area contributed by atoms with Gasteiger partial charge in [0.1, 0.15) is 6.54 Å². The summed E-state index contributed by atoms with van der Waals surface area (Å²) in [6.07, 6.45) is 0. The molecule has 2 heterocycles. The Bertz CT molecular complexity index is 779. The third kappa shape index (κ3) is 4.57. The first-order valence-corrected chi connectivity index (χ1v) is 8.36. The average molecular weight is 362 g/mol. The maximum absolute atomic E-state index is 11.8. The molecule has 0 aliphatic carbocycles. The molecular formula is C15H14N4O5S. The molecule has 1 aromatic heterocycles. The van der Waals surface area contributed by atoms with Crippen LogP contribution in [0.25, 0.3) is 11.5 Å². The number of thioether (sulfide) groups is 1. The molecule has 1 saturated heterocycles. The highest BCUT2D eigenvalue weighted by Gasteiger charge is 2.24. The molecule has 0 spiro atoms. The smallest absolute Gasteiger partial charge is 0.326 e. The summed E-state index contributed by atoms with van der Waals surface area (Å²) in [5, 5.41) is 9.72. The first-order chi connectivity index (χ1) is 12.1. The van der Waals surface area contributed by atoms with E-state index < -0.39 is 18.5 Å². The predicted molar refractivity (Wildman–Crippen MR) is 88.7 cm³/mol. The SMILES string of the molecule is O=C(COC(=O)CN1CCSC1=O)Nc1nnc(-c2ccccc2)o1. The largest absolute Gasteiger partial charge is 0.454 e. The van der Waals surface area contributed by atoms with Crippen LogP contribution in [0.4, 0.5) is 10.8 Å². The molecule has 130 valence electrons. The first kappa shape index (κ1) is 17.0. The van der Waals surface area contributed by atoms with Crippen molar-refractivity contribution >= 4 is 34.9 Å². The van der Waals surface area contributed by atoms with Crippen molar-refractivity contribution in [3.05, 3.63) is 30.3 Å². The maximum atomic E-state index is 11.8. The van der Waals surface area contributed by atoms with E-state index >= 15 is 0 Å². The molecule has 10 heteroatoms. The number of carbonyl (C=O) groups excluding carboxylic acids is 3. The topological polar surface area (TPSA) is 115 Å². The lowest BCUT2D eigenvalue weighted by Crippen LogP contribution is -2.32. The number of amides is 2. The Labute approximate surface area is 146 Å². The number of hydrogen-bond acceptors (Lipinski definition) is 8. The van der Waals surface area contributed by atoms with E-state index in [9.17, 15) is 14.4 Å². The minimum Gasteiger partial charge on any atom is -0.454 e. The van der Waals surface area contributed by atoms with Gasteiger partial charge in [-0.2, -0.15) is 0 Å². The van der Waals surface area contributed by atoms with Crippen LogP contribution in [0.2, 0.25) is 0 Å². The van der Waals surface area contributed by atoms with Crippen LogP contribution in [-0.2, 0) is 14.3 Å². The number of benzene rings is 1. The molecule has 9 nitrogen and oxygen atoms in total. The van der Waals surface area contributed by atoms with Crippen molar-refractivity contribution < 1.29 is 23.5 Å². The molecule has 0 saturated carbocycles. The lowest BCUT2D eigenvalue weighted by Gasteiger charge is -2.12. The molecule has 0 unspecified atom stereocenters. The second kappa shape index (κ2) is 7.79. The van der Waals surface area contributed by atoms with Gasteiger partial charge < -0.3 is 14.1 Å². The fourth-order valence-corrected chi connectivity index (χ4v) is 2.87. The molecule has 1 fully saturated rings. The third-order valence-corrected chi connectivity index (χ3v) is 4.11. The van der Waals surface area contributed by atoms with Crippen molar-refractivity contribution in [3.8, 4) is 11.5 Å². The number of ether oxygens (including phenoxy) is 1. The average Bonchev–Trinajstić information content (AvgIpc) is 3.23. The van der Waals surface area contributed by atoms with Crippen LogP contribution >= 0.6 is 11.8 Å². The maximum Gasteiger partial charge on any atom is 0.326 e. The molecule has 0 bridgehead atoms. The normalized spacial score (nSPS) is 13.8. The summed E-state index contributed by atoms with van der Waals surface area (Å²) >= 11 is 1.15. The van der Waals surface area contributed by atoms with Crippen molar-refractivity contribution in [2.24, 2.45) is 0 Å². The van der Waals surface area contributed by atoms with Crippen molar-refractivity contribution in [1.29, 1.82) is 0 Å². The summed E-state index contributed by atoms with van der Waals surface area (Å²) in [7, 11) is 0. The van der Waals surface area contributed by atoms with Crippen molar-refractivity contribution in [1.82, 2.24) is 15.1 Å². The molecule has 25 heavy (non-hydrogen) atoms. The van der Waals surface area contributed by atoms with Crippen LogP contribution in [0.3, 0.4) is 0 Å². The molecule has 2 amide bonds. The third-order valence-electron chi connectivity index (χ3n) is 3.22. The molecule has 0 radical (unpaired) electrons. The van der Waals surface area contributed by atoms with E-state index in [1.54, 1.807) is 12.1 Å². The van der Waals surface area contributed by atoms with Gasteiger partial charge in [0.15, 0.2) is 6.61 Å². The fraction of sp³-hybridized carbons (Fsp3) is 0.267. The molecule has 1 aliphatic heterocycles. The van der Waals surface area contributed by atoms with E-state index in [-0.39, 0.29) is 23.7 Å². The lowest BCUT2D eigenvalue weighted by atomic mass is 10.2. The summed E-state index contributed by atoms with van der Waals surface area (Å²) in [4.78, 5) is 36.1. The standard InChI is InChI=1S/C15H14N4O5S/c20-11(9-23-12(21)8-19-6-7-25-15(19)22)16-14-18-17-13(24-14)10-4-2-1-3-5-10/h1-5H,6-9H2,(H,16,18,20). The zero-order chi connectivity index (χ0) is 17.6. The number of hydrogen-bond donors (Lipinski definition) is 1.